The summed E-state index contributed by atoms with van der Waals surface area (Å²) in [6.45, 7) is 4.11. The van der Waals surface area contributed by atoms with Crippen LogP contribution in [0.2, 0.25) is 0 Å². The number of hydrogen-bond acceptors (Lipinski definition) is 3. The fraction of sp³-hybridized carbons (Fsp3) is 0.333. The molecule has 1 unspecified atom stereocenters. The van der Waals surface area contributed by atoms with Crippen LogP contribution in [0.25, 0.3) is 0 Å². The number of nitrogens with one attached hydrogen (secondary N) is 1. The zero-order valence-electron chi connectivity index (χ0n) is 9.81. The second kappa shape index (κ2) is 4.35. The number of nitrogens with zero attached hydrogens (tertiary/aromatic N) is 3. The molecule has 16 heavy (non-hydrogen) atoms. The van der Waals surface area contributed by atoms with Gasteiger partial charge in [-0.05, 0) is 26.0 Å². The Morgan fingerprint density at radius 1 is 1.44 bits per heavy atom. The maximum Gasteiger partial charge on any atom is 0.0603 e. The van der Waals surface area contributed by atoms with E-state index in [2.05, 4.69) is 22.3 Å². The molecule has 4 heteroatoms. The average Bonchev–Trinajstić information content (AvgIpc) is 2.68. The van der Waals surface area contributed by atoms with E-state index in [-0.39, 0.29) is 6.04 Å². The van der Waals surface area contributed by atoms with Crippen LogP contribution >= 0.6 is 0 Å². The summed E-state index contributed by atoms with van der Waals surface area (Å²) in [4.78, 5) is 4.25. The molecule has 0 aromatic carbocycles. The third-order valence-electron chi connectivity index (χ3n) is 2.60. The first-order chi connectivity index (χ1) is 7.66. The minimum Gasteiger partial charge on any atom is -0.377 e. The predicted molar refractivity (Wildman–Crippen MR) is 64.2 cm³/mol. The normalized spacial score (nSPS) is 12.4. The molecule has 0 radical (unpaired) electrons. The lowest BCUT2D eigenvalue weighted by Crippen LogP contribution is -2.07. The predicted octanol–water partition coefficient (Wildman–Crippen LogP) is 2.30. The molecule has 0 spiro atoms. The first-order valence-corrected chi connectivity index (χ1v) is 5.33. The highest BCUT2D eigenvalue weighted by atomic mass is 15.2. The standard InChI is InChI=1S/C12H16N4/c1-9(11-7-14-16(3)8-11)15-12-5-4-6-13-10(12)2/h4-9,15H,1-3H3. The van der Waals surface area contributed by atoms with Crippen molar-refractivity contribution in [3.05, 3.63) is 42.0 Å². The van der Waals surface area contributed by atoms with Crippen molar-refractivity contribution in [2.24, 2.45) is 7.05 Å². The maximum absolute atomic E-state index is 4.25. The molecule has 1 N–H and O–H groups in total. The summed E-state index contributed by atoms with van der Waals surface area (Å²) >= 11 is 0. The second-order valence-electron chi connectivity index (χ2n) is 3.95. The monoisotopic (exact) mass is 216 g/mol. The summed E-state index contributed by atoms with van der Waals surface area (Å²) < 4.78 is 1.81. The Kier molecular flexibility index (Phi) is 2.90. The molecule has 1 atom stereocenters. The molecule has 0 bridgehead atoms. The molecule has 84 valence electrons. The van der Waals surface area contributed by atoms with Crippen LogP contribution in [0.3, 0.4) is 0 Å². The maximum atomic E-state index is 4.25. The van der Waals surface area contributed by atoms with Crippen LogP contribution in [0.1, 0.15) is 24.2 Å². The van der Waals surface area contributed by atoms with Gasteiger partial charge in [-0.1, -0.05) is 0 Å². The third kappa shape index (κ3) is 2.21. The topological polar surface area (TPSA) is 42.7 Å². The van der Waals surface area contributed by atoms with E-state index in [1.807, 2.05) is 43.2 Å². The molecule has 0 aliphatic carbocycles. The molecule has 0 saturated carbocycles. The van der Waals surface area contributed by atoms with Crippen molar-refractivity contribution < 1.29 is 0 Å². The number of rotatable bonds is 3. The first kappa shape index (κ1) is 10.7. The lowest BCUT2D eigenvalue weighted by atomic mass is 10.2. The van der Waals surface area contributed by atoms with Gasteiger partial charge < -0.3 is 5.32 Å². The highest BCUT2D eigenvalue weighted by Crippen LogP contribution is 2.19. The third-order valence-corrected chi connectivity index (χ3v) is 2.60. The molecular weight excluding hydrogens is 200 g/mol. The lowest BCUT2D eigenvalue weighted by Gasteiger charge is -2.14. The number of anilines is 1. The summed E-state index contributed by atoms with van der Waals surface area (Å²) in [5, 5.41) is 7.59. The number of aryl methyl sites for hydroxylation is 2. The van der Waals surface area contributed by atoms with Gasteiger partial charge in [-0.15, -0.1) is 0 Å². The molecule has 0 aliphatic heterocycles. The SMILES string of the molecule is Cc1ncccc1NC(C)c1cnn(C)c1. The van der Waals surface area contributed by atoms with Crippen LogP contribution in [0.15, 0.2) is 30.7 Å². The van der Waals surface area contributed by atoms with E-state index in [0.29, 0.717) is 0 Å². The molecule has 0 fully saturated rings. The van der Waals surface area contributed by atoms with Crippen LogP contribution in [0.5, 0.6) is 0 Å². The number of aromatic nitrogens is 3. The van der Waals surface area contributed by atoms with Crippen molar-refractivity contribution in [3.63, 3.8) is 0 Å². The highest BCUT2D eigenvalue weighted by Gasteiger charge is 2.08. The van der Waals surface area contributed by atoms with Gasteiger partial charge in [0.1, 0.15) is 0 Å². The van der Waals surface area contributed by atoms with Gasteiger partial charge in [0.2, 0.25) is 0 Å². The van der Waals surface area contributed by atoms with Gasteiger partial charge in [0, 0.05) is 25.0 Å². The van der Waals surface area contributed by atoms with Gasteiger partial charge in [0.15, 0.2) is 0 Å². The Morgan fingerprint density at radius 2 is 2.25 bits per heavy atom. The van der Waals surface area contributed by atoms with E-state index in [9.17, 15) is 0 Å². The van der Waals surface area contributed by atoms with Crippen molar-refractivity contribution in [2.45, 2.75) is 19.9 Å². The van der Waals surface area contributed by atoms with E-state index < -0.39 is 0 Å². The van der Waals surface area contributed by atoms with Gasteiger partial charge >= 0.3 is 0 Å². The summed E-state index contributed by atoms with van der Waals surface area (Å²) in [6.07, 6.45) is 5.70. The fourth-order valence-electron chi connectivity index (χ4n) is 1.62. The second-order valence-corrected chi connectivity index (χ2v) is 3.95. The lowest BCUT2D eigenvalue weighted by molar-refractivity contribution is 0.765. The Morgan fingerprint density at radius 3 is 2.88 bits per heavy atom. The van der Waals surface area contributed by atoms with Crippen molar-refractivity contribution in [3.8, 4) is 0 Å². The van der Waals surface area contributed by atoms with E-state index >= 15 is 0 Å². The summed E-state index contributed by atoms with van der Waals surface area (Å²) in [7, 11) is 1.92. The van der Waals surface area contributed by atoms with Crippen LogP contribution in [-0.4, -0.2) is 14.8 Å². The Labute approximate surface area is 95.3 Å². The number of pyridine rings is 1. The average molecular weight is 216 g/mol. The zero-order chi connectivity index (χ0) is 11.5. The molecule has 2 rings (SSSR count). The minimum atomic E-state index is 0.233. The number of hydrogen-bond donors (Lipinski definition) is 1. The Bertz CT molecular complexity index is 475. The van der Waals surface area contributed by atoms with Gasteiger partial charge in [0.05, 0.1) is 23.6 Å². The van der Waals surface area contributed by atoms with Gasteiger partial charge in [-0.3, -0.25) is 9.67 Å². The molecular formula is C12H16N4. The van der Waals surface area contributed by atoms with Crippen LogP contribution in [-0.2, 0) is 7.05 Å². The van der Waals surface area contributed by atoms with E-state index in [1.165, 1.54) is 5.56 Å². The largest absolute Gasteiger partial charge is 0.377 e. The molecule has 0 amide bonds. The van der Waals surface area contributed by atoms with Crippen LogP contribution < -0.4 is 5.32 Å². The van der Waals surface area contributed by atoms with Crippen molar-refractivity contribution in [2.75, 3.05) is 5.32 Å². The van der Waals surface area contributed by atoms with Crippen molar-refractivity contribution in [1.29, 1.82) is 0 Å². The molecule has 2 heterocycles. The molecule has 0 saturated heterocycles. The van der Waals surface area contributed by atoms with Gasteiger partial charge in [0.25, 0.3) is 0 Å². The molecule has 2 aromatic heterocycles. The Hall–Kier alpha value is -1.84. The molecule has 4 nitrogen and oxygen atoms in total. The summed E-state index contributed by atoms with van der Waals surface area (Å²) in [6, 6.07) is 4.21. The van der Waals surface area contributed by atoms with Gasteiger partial charge in [-0.25, -0.2) is 0 Å². The fourth-order valence-corrected chi connectivity index (χ4v) is 1.62. The smallest absolute Gasteiger partial charge is 0.0603 e. The van der Waals surface area contributed by atoms with E-state index in [4.69, 9.17) is 0 Å². The van der Waals surface area contributed by atoms with E-state index in [0.717, 1.165) is 11.4 Å². The summed E-state index contributed by atoms with van der Waals surface area (Å²) in [5.41, 5.74) is 3.25. The highest BCUT2D eigenvalue weighted by molar-refractivity contribution is 5.48. The van der Waals surface area contributed by atoms with Crippen molar-refractivity contribution in [1.82, 2.24) is 14.8 Å². The van der Waals surface area contributed by atoms with Crippen LogP contribution in [0, 0.1) is 6.92 Å². The Balaban J connectivity index is 2.13. The van der Waals surface area contributed by atoms with Crippen LogP contribution in [0.4, 0.5) is 5.69 Å². The van der Waals surface area contributed by atoms with E-state index in [1.54, 1.807) is 6.20 Å². The minimum absolute atomic E-state index is 0.233. The quantitative estimate of drug-likeness (QED) is 0.856. The summed E-state index contributed by atoms with van der Waals surface area (Å²) in [5.74, 6) is 0. The molecule has 0 aliphatic rings. The molecule has 2 aromatic rings. The first-order valence-electron chi connectivity index (χ1n) is 5.33. The van der Waals surface area contributed by atoms with Crippen molar-refractivity contribution >= 4 is 5.69 Å². The van der Waals surface area contributed by atoms with Gasteiger partial charge in [-0.2, -0.15) is 5.10 Å². The zero-order valence-corrected chi connectivity index (χ0v) is 9.81.